The summed E-state index contributed by atoms with van der Waals surface area (Å²) in [6.45, 7) is 0. The van der Waals surface area contributed by atoms with Crippen molar-refractivity contribution < 1.29 is 4.52 Å². The van der Waals surface area contributed by atoms with E-state index >= 15 is 0 Å². The molecule has 0 fully saturated rings. The molecule has 76 valence electrons. The highest BCUT2D eigenvalue weighted by molar-refractivity contribution is 6.30. The van der Waals surface area contributed by atoms with Crippen LogP contribution in [-0.2, 0) is 12.3 Å². The lowest BCUT2D eigenvalue weighted by molar-refractivity contribution is 0.426. The Bertz CT molecular complexity index is 533. The molecular formula is C11H7Cl2NO. The number of rotatable bonds is 1. The Labute approximate surface area is 96.8 Å². The fourth-order valence-corrected chi connectivity index (χ4v) is 2.37. The van der Waals surface area contributed by atoms with E-state index in [0.717, 1.165) is 34.0 Å². The Balaban J connectivity index is 2.20. The minimum absolute atomic E-state index is 0.389. The first-order valence-electron chi connectivity index (χ1n) is 4.62. The molecule has 0 saturated heterocycles. The lowest BCUT2D eigenvalue weighted by Gasteiger charge is -1.98. The SMILES string of the molecule is ClCc1noc2c1Cc1cc(Cl)ccc1-2. The number of alkyl halides is 1. The van der Waals surface area contributed by atoms with Gasteiger partial charge in [0.15, 0.2) is 5.76 Å². The highest BCUT2D eigenvalue weighted by atomic mass is 35.5. The van der Waals surface area contributed by atoms with Crippen LogP contribution in [0.2, 0.25) is 5.02 Å². The lowest BCUT2D eigenvalue weighted by Crippen LogP contribution is -1.86. The lowest BCUT2D eigenvalue weighted by atomic mass is 10.1. The second-order valence-electron chi connectivity index (χ2n) is 3.55. The van der Waals surface area contributed by atoms with E-state index < -0.39 is 0 Å². The second kappa shape index (κ2) is 3.26. The zero-order valence-electron chi connectivity index (χ0n) is 7.76. The van der Waals surface area contributed by atoms with E-state index in [2.05, 4.69) is 5.16 Å². The van der Waals surface area contributed by atoms with Crippen molar-refractivity contribution in [3.8, 4) is 11.3 Å². The maximum absolute atomic E-state index is 5.93. The predicted molar refractivity (Wildman–Crippen MR) is 59.3 cm³/mol. The standard InChI is InChI=1S/C11H7Cl2NO/c12-5-10-9-4-6-3-7(13)1-2-8(6)11(9)15-14-10/h1-3H,4-5H2. The first-order valence-corrected chi connectivity index (χ1v) is 5.53. The van der Waals surface area contributed by atoms with Gasteiger partial charge in [0.1, 0.15) is 5.69 Å². The average Bonchev–Trinajstić information content (AvgIpc) is 2.74. The second-order valence-corrected chi connectivity index (χ2v) is 4.25. The Morgan fingerprint density at radius 2 is 2.27 bits per heavy atom. The highest BCUT2D eigenvalue weighted by Crippen LogP contribution is 2.39. The van der Waals surface area contributed by atoms with Gasteiger partial charge in [-0.25, -0.2) is 0 Å². The van der Waals surface area contributed by atoms with Crippen molar-refractivity contribution in [2.24, 2.45) is 0 Å². The molecule has 0 aliphatic heterocycles. The van der Waals surface area contributed by atoms with Crippen molar-refractivity contribution in [2.45, 2.75) is 12.3 Å². The molecule has 2 aromatic rings. The summed E-state index contributed by atoms with van der Waals surface area (Å²) in [6, 6.07) is 5.79. The fourth-order valence-electron chi connectivity index (χ4n) is 1.96. The van der Waals surface area contributed by atoms with Gasteiger partial charge in [-0.15, -0.1) is 11.6 Å². The normalized spacial score (nSPS) is 12.7. The number of halogens is 2. The first-order chi connectivity index (χ1) is 7.29. The molecule has 1 aliphatic rings. The van der Waals surface area contributed by atoms with Crippen LogP contribution in [0.5, 0.6) is 0 Å². The zero-order chi connectivity index (χ0) is 10.4. The van der Waals surface area contributed by atoms with Crippen molar-refractivity contribution in [1.82, 2.24) is 5.16 Å². The van der Waals surface area contributed by atoms with Crippen LogP contribution in [0.25, 0.3) is 11.3 Å². The number of hydrogen-bond donors (Lipinski definition) is 0. The van der Waals surface area contributed by atoms with Gasteiger partial charge in [-0.3, -0.25) is 0 Å². The van der Waals surface area contributed by atoms with Gasteiger partial charge in [0.05, 0.1) is 5.88 Å². The third kappa shape index (κ3) is 1.29. The van der Waals surface area contributed by atoms with Crippen LogP contribution < -0.4 is 0 Å². The van der Waals surface area contributed by atoms with Crippen LogP contribution in [-0.4, -0.2) is 5.16 Å². The molecule has 1 heterocycles. The Hall–Kier alpha value is -0.990. The van der Waals surface area contributed by atoms with Gasteiger partial charge in [0.25, 0.3) is 0 Å². The van der Waals surface area contributed by atoms with Crippen molar-refractivity contribution >= 4 is 23.2 Å². The van der Waals surface area contributed by atoms with E-state index in [1.807, 2.05) is 18.2 Å². The summed E-state index contributed by atoms with van der Waals surface area (Å²) in [7, 11) is 0. The summed E-state index contributed by atoms with van der Waals surface area (Å²) < 4.78 is 5.29. The van der Waals surface area contributed by atoms with E-state index in [0.29, 0.717) is 5.88 Å². The number of hydrogen-bond acceptors (Lipinski definition) is 2. The molecule has 2 nitrogen and oxygen atoms in total. The summed E-state index contributed by atoms with van der Waals surface area (Å²) in [5, 5.41) is 4.69. The van der Waals surface area contributed by atoms with E-state index in [-0.39, 0.29) is 0 Å². The average molecular weight is 240 g/mol. The maximum Gasteiger partial charge on any atom is 0.170 e. The van der Waals surface area contributed by atoms with Crippen LogP contribution in [0.4, 0.5) is 0 Å². The molecular weight excluding hydrogens is 233 g/mol. The number of aromatic nitrogens is 1. The molecule has 1 aromatic heterocycles. The van der Waals surface area contributed by atoms with E-state index in [9.17, 15) is 0 Å². The fraction of sp³-hybridized carbons (Fsp3) is 0.182. The zero-order valence-corrected chi connectivity index (χ0v) is 9.27. The molecule has 0 unspecified atom stereocenters. The van der Waals surface area contributed by atoms with Crippen LogP contribution in [0.15, 0.2) is 22.7 Å². The summed E-state index contributed by atoms with van der Waals surface area (Å²) in [5.74, 6) is 1.23. The van der Waals surface area contributed by atoms with Gasteiger partial charge in [-0.05, 0) is 23.8 Å². The van der Waals surface area contributed by atoms with Gasteiger partial charge in [-0.2, -0.15) is 0 Å². The molecule has 4 heteroatoms. The molecule has 0 radical (unpaired) electrons. The first kappa shape index (κ1) is 9.25. The summed E-state index contributed by atoms with van der Waals surface area (Å²) in [5.41, 5.74) is 4.20. The molecule has 0 atom stereocenters. The van der Waals surface area contributed by atoms with Crippen LogP contribution in [0, 0.1) is 0 Å². The number of benzene rings is 1. The van der Waals surface area contributed by atoms with E-state index in [4.69, 9.17) is 27.7 Å². The molecule has 15 heavy (non-hydrogen) atoms. The Morgan fingerprint density at radius 3 is 3.07 bits per heavy atom. The molecule has 0 bridgehead atoms. The summed E-state index contributed by atoms with van der Waals surface area (Å²) >= 11 is 11.7. The van der Waals surface area contributed by atoms with Crippen LogP contribution in [0.3, 0.4) is 0 Å². The number of nitrogens with zero attached hydrogens (tertiary/aromatic N) is 1. The third-order valence-electron chi connectivity index (χ3n) is 2.68. The monoisotopic (exact) mass is 239 g/mol. The van der Waals surface area contributed by atoms with Crippen LogP contribution in [0.1, 0.15) is 16.8 Å². The quantitative estimate of drug-likeness (QED) is 0.607. The molecule has 0 amide bonds. The van der Waals surface area contributed by atoms with Gasteiger partial charge in [0, 0.05) is 22.6 Å². The minimum atomic E-state index is 0.389. The minimum Gasteiger partial charge on any atom is -0.356 e. The van der Waals surface area contributed by atoms with E-state index in [1.54, 1.807) is 0 Å². The Kier molecular flexibility index (Phi) is 2.01. The molecule has 0 N–H and O–H groups in total. The van der Waals surface area contributed by atoms with Crippen molar-refractivity contribution in [1.29, 1.82) is 0 Å². The topological polar surface area (TPSA) is 26.0 Å². The third-order valence-corrected chi connectivity index (χ3v) is 3.16. The molecule has 0 spiro atoms. The van der Waals surface area contributed by atoms with Crippen molar-refractivity contribution in [3.05, 3.63) is 40.0 Å². The van der Waals surface area contributed by atoms with Gasteiger partial charge in [0.2, 0.25) is 0 Å². The van der Waals surface area contributed by atoms with Gasteiger partial charge < -0.3 is 4.52 Å². The Morgan fingerprint density at radius 1 is 1.40 bits per heavy atom. The van der Waals surface area contributed by atoms with E-state index in [1.165, 1.54) is 5.56 Å². The van der Waals surface area contributed by atoms with Gasteiger partial charge in [-0.1, -0.05) is 16.8 Å². The highest BCUT2D eigenvalue weighted by Gasteiger charge is 2.26. The summed E-state index contributed by atoms with van der Waals surface area (Å²) in [4.78, 5) is 0. The molecule has 1 aromatic carbocycles. The van der Waals surface area contributed by atoms with Crippen molar-refractivity contribution in [3.63, 3.8) is 0 Å². The number of fused-ring (bicyclic) bond motifs is 3. The molecule has 0 saturated carbocycles. The predicted octanol–water partition coefficient (Wildman–Crippen LogP) is 3.64. The molecule has 3 rings (SSSR count). The largest absolute Gasteiger partial charge is 0.356 e. The maximum atomic E-state index is 5.93. The smallest absolute Gasteiger partial charge is 0.170 e. The molecule has 1 aliphatic carbocycles. The van der Waals surface area contributed by atoms with Crippen LogP contribution >= 0.6 is 23.2 Å². The summed E-state index contributed by atoms with van der Waals surface area (Å²) in [6.07, 6.45) is 0.816. The van der Waals surface area contributed by atoms with Gasteiger partial charge >= 0.3 is 0 Å². The van der Waals surface area contributed by atoms with Crippen molar-refractivity contribution in [2.75, 3.05) is 0 Å².